The summed E-state index contributed by atoms with van der Waals surface area (Å²) < 4.78 is 0. The number of carboxylic acid groups (broad SMARTS) is 1. The summed E-state index contributed by atoms with van der Waals surface area (Å²) in [6, 6.07) is 33.1. The van der Waals surface area contributed by atoms with Crippen LogP contribution in [0.2, 0.25) is 0 Å². The third-order valence-electron chi connectivity index (χ3n) is 8.42. The number of benzene rings is 4. The molecule has 0 aromatic heterocycles. The van der Waals surface area contributed by atoms with Crippen LogP contribution < -0.4 is 21.7 Å². The van der Waals surface area contributed by atoms with E-state index in [1.165, 1.54) is 0 Å². The maximum Gasteiger partial charge on any atom is 0.350 e. The highest BCUT2D eigenvalue weighted by Crippen LogP contribution is 2.43. The number of carbonyl (C=O) groups excluding carboxylic acids is 4. The SMILES string of the molecule is NC(=O)CC[C@@](NC(=O)C(CSC(=O)CCC(=O)NC1c2ccccc2-c2ccccc21)Cc1ccccc1)(Nc1ccccc1)C(=O)O. The summed E-state index contributed by atoms with van der Waals surface area (Å²) in [7, 11) is 0. The first-order chi connectivity index (χ1) is 23.6. The van der Waals surface area contributed by atoms with E-state index in [9.17, 15) is 29.1 Å². The van der Waals surface area contributed by atoms with Gasteiger partial charge < -0.3 is 26.8 Å². The van der Waals surface area contributed by atoms with Crippen molar-refractivity contribution in [2.45, 2.75) is 43.8 Å². The molecule has 5 rings (SSSR count). The summed E-state index contributed by atoms with van der Waals surface area (Å²) in [4.78, 5) is 64.4. The molecule has 49 heavy (non-hydrogen) atoms. The predicted molar refractivity (Wildman–Crippen MR) is 189 cm³/mol. The van der Waals surface area contributed by atoms with E-state index in [1.54, 1.807) is 30.3 Å². The molecule has 0 saturated carbocycles. The second-order valence-electron chi connectivity index (χ2n) is 11.9. The zero-order valence-electron chi connectivity index (χ0n) is 26.8. The molecule has 0 aliphatic heterocycles. The molecule has 0 saturated heterocycles. The van der Waals surface area contributed by atoms with Gasteiger partial charge in [0.1, 0.15) is 0 Å². The molecule has 0 radical (unpaired) electrons. The smallest absolute Gasteiger partial charge is 0.350 e. The average molecular weight is 679 g/mol. The van der Waals surface area contributed by atoms with Crippen molar-refractivity contribution in [1.29, 1.82) is 0 Å². The number of carbonyl (C=O) groups is 5. The van der Waals surface area contributed by atoms with Crippen LogP contribution in [-0.4, -0.2) is 45.3 Å². The number of fused-ring (bicyclic) bond motifs is 3. The first-order valence-electron chi connectivity index (χ1n) is 16.0. The highest BCUT2D eigenvalue weighted by molar-refractivity contribution is 8.13. The van der Waals surface area contributed by atoms with E-state index in [4.69, 9.17) is 5.73 Å². The number of hydrogen-bond acceptors (Lipinski definition) is 7. The minimum absolute atomic E-state index is 0.0293. The summed E-state index contributed by atoms with van der Waals surface area (Å²) in [6.45, 7) is 0. The lowest BCUT2D eigenvalue weighted by atomic mass is 9.97. The Kier molecular flexibility index (Phi) is 11.5. The maximum absolute atomic E-state index is 13.9. The van der Waals surface area contributed by atoms with Crippen molar-refractivity contribution >= 4 is 46.3 Å². The van der Waals surface area contributed by atoms with E-state index < -0.39 is 29.4 Å². The molecule has 10 nitrogen and oxygen atoms in total. The lowest BCUT2D eigenvalue weighted by Gasteiger charge is -2.33. The van der Waals surface area contributed by atoms with Crippen LogP contribution in [0, 0.1) is 5.92 Å². The first-order valence-corrected chi connectivity index (χ1v) is 17.0. The second-order valence-corrected chi connectivity index (χ2v) is 13.0. The molecule has 3 amide bonds. The molecule has 6 N–H and O–H groups in total. The largest absolute Gasteiger partial charge is 0.478 e. The van der Waals surface area contributed by atoms with Crippen LogP contribution in [0.15, 0.2) is 109 Å². The van der Waals surface area contributed by atoms with Gasteiger partial charge in [-0.1, -0.05) is 109 Å². The Hall–Kier alpha value is -5.42. The predicted octanol–water partition coefficient (Wildman–Crippen LogP) is 5.05. The number of anilines is 1. The van der Waals surface area contributed by atoms with E-state index in [2.05, 4.69) is 16.0 Å². The first kappa shape index (κ1) is 34.9. The van der Waals surface area contributed by atoms with Gasteiger partial charge in [0.2, 0.25) is 23.4 Å². The standard InChI is InChI=1S/C38H38N4O6S/c39-32(43)21-22-38(37(47)48,41-27-13-5-2-6-14-27)42-36(46)26(23-25-11-3-1-4-12-25)24-49-34(45)20-19-33(44)40-35-30-17-9-7-15-28(30)29-16-8-10-18-31(29)35/h1-18,26,35,41H,19-24H2,(H2,39,43)(H,40,44)(H,42,46)(H,47,48)/t26?,38-/m0/s1. The fourth-order valence-corrected chi connectivity index (χ4v) is 6.82. The molecule has 2 atom stereocenters. The second kappa shape index (κ2) is 16.1. The van der Waals surface area contributed by atoms with Crippen LogP contribution in [0.1, 0.15) is 48.4 Å². The highest BCUT2D eigenvalue weighted by atomic mass is 32.2. The van der Waals surface area contributed by atoms with Crippen LogP contribution in [0.3, 0.4) is 0 Å². The topological polar surface area (TPSA) is 168 Å². The van der Waals surface area contributed by atoms with Crippen molar-refractivity contribution in [2.24, 2.45) is 11.7 Å². The van der Waals surface area contributed by atoms with Crippen molar-refractivity contribution in [3.8, 4) is 11.1 Å². The zero-order valence-corrected chi connectivity index (χ0v) is 27.6. The van der Waals surface area contributed by atoms with Gasteiger partial charge in [-0.05, 0) is 46.4 Å². The Bertz CT molecular complexity index is 1770. The minimum Gasteiger partial charge on any atom is -0.478 e. The number of primary amides is 1. The third-order valence-corrected chi connectivity index (χ3v) is 9.51. The van der Waals surface area contributed by atoms with Crippen molar-refractivity contribution in [3.05, 3.63) is 126 Å². The van der Waals surface area contributed by atoms with Crippen LogP contribution in [0.5, 0.6) is 0 Å². The molecule has 1 aliphatic rings. The average Bonchev–Trinajstić information content (AvgIpc) is 3.42. The van der Waals surface area contributed by atoms with E-state index in [1.807, 2.05) is 78.9 Å². The molecule has 0 heterocycles. The minimum atomic E-state index is -2.05. The molecule has 252 valence electrons. The summed E-state index contributed by atoms with van der Waals surface area (Å²) >= 11 is 0.929. The van der Waals surface area contributed by atoms with Gasteiger partial charge in [0, 0.05) is 37.1 Å². The Morgan fingerprint density at radius 1 is 0.755 bits per heavy atom. The van der Waals surface area contributed by atoms with E-state index in [0.717, 1.165) is 39.6 Å². The van der Waals surface area contributed by atoms with E-state index >= 15 is 0 Å². The van der Waals surface area contributed by atoms with Crippen LogP contribution >= 0.6 is 11.8 Å². The number of carboxylic acids is 1. The Morgan fingerprint density at radius 2 is 1.33 bits per heavy atom. The molecule has 0 bridgehead atoms. The number of amides is 3. The van der Waals surface area contributed by atoms with Gasteiger partial charge in [-0.3, -0.25) is 19.2 Å². The van der Waals surface area contributed by atoms with Gasteiger partial charge in [0.25, 0.3) is 0 Å². The van der Waals surface area contributed by atoms with Gasteiger partial charge in [0.05, 0.1) is 12.0 Å². The number of hydrogen-bond donors (Lipinski definition) is 5. The maximum atomic E-state index is 13.9. The monoisotopic (exact) mass is 678 g/mol. The lowest BCUT2D eigenvalue weighted by molar-refractivity contribution is -0.147. The van der Waals surface area contributed by atoms with Crippen molar-refractivity contribution in [1.82, 2.24) is 10.6 Å². The molecule has 1 unspecified atom stereocenters. The van der Waals surface area contributed by atoms with Crippen molar-refractivity contribution in [3.63, 3.8) is 0 Å². The van der Waals surface area contributed by atoms with Gasteiger partial charge in [-0.25, -0.2) is 4.79 Å². The molecule has 4 aromatic rings. The lowest BCUT2D eigenvalue weighted by Crippen LogP contribution is -2.61. The summed E-state index contributed by atoms with van der Waals surface area (Å²) in [5, 5.41) is 18.7. The fraction of sp³-hybridized carbons (Fsp3) is 0.237. The van der Waals surface area contributed by atoms with Crippen LogP contribution in [0.4, 0.5) is 5.69 Å². The summed E-state index contributed by atoms with van der Waals surface area (Å²) in [5.74, 6) is -3.77. The normalized spacial score (nSPS) is 13.6. The molecule has 0 fully saturated rings. The number of thioether (sulfide) groups is 1. The Morgan fingerprint density at radius 3 is 1.92 bits per heavy atom. The molecule has 0 spiro atoms. The fourth-order valence-electron chi connectivity index (χ4n) is 5.91. The van der Waals surface area contributed by atoms with Gasteiger partial charge in [-0.2, -0.15) is 0 Å². The molecule has 11 heteroatoms. The number of para-hydroxylation sites is 1. The van der Waals surface area contributed by atoms with Crippen LogP contribution in [-0.2, 0) is 30.4 Å². The molecular weight excluding hydrogens is 641 g/mol. The van der Waals surface area contributed by atoms with E-state index in [-0.39, 0.29) is 54.9 Å². The molecular formula is C38H38N4O6S. The summed E-state index contributed by atoms with van der Waals surface area (Å²) in [5.41, 5.74) is 8.69. The number of rotatable bonds is 16. The molecule has 4 aromatic carbocycles. The summed E-state index contributed by atoms with van der Waals surface area (Å²) in [6.07, 6.45) is -0.459. The van der Waals surface area contributed by atoms with Crippen LogP contribution in [0.25, 0.3) is 11.1 Å². The number of nitrogens with two attached hydrogens (primary N) is 1. The van der Waals surface area contributed by atoms with E-state index in [0.29, 0.717) is 5.69 Å². The van der Waals surface area contributed by atoms with Gasteiger partial charge >= 0.3 is 5.97 Å². The van der Waals surface area contributed by atoms with Gasteiger partial charge in [0.15, 0.2) is 5.12 Å². The molecule has 1 aliphatic carbocycles. The Labute approximate surface area is 288 Å². The Balaban J connectivity index is 1.25. The van der Waals surface area contributed by atoms with Gasteiger partial charge in [-0.15, -0.1) is 0 Å². The third kappa shape index (κ3) is 8.94. The van der Waals surface area contributed by atoms with Crippen molar-refractivity contribution < 1.29 is 29.1 Å². The quantitative estimate of drug-likeness (QED) is 0.103. The highest BCUT2D eigenvalue weighted by Gasteiger charge is 2.42. The number of aliphatic carboxylic acids is 1. The van der Waals surface area contributed by atoms with Crippen molar-refractivity contribution in [2.75, 3.05) is 11.1 Å². The number of nitrogens with one attached hydrogen (secondary N) is 3. The zero-order chi connectivity index (χ0) is 34.8.